The second kappa shape index (κ2) is 8.75. The minimum absolute atomic E-state index is 0.0250. The topological polar surface area (TPSA) is 111 Å². The summed E-state index contributed by atoms with van der Waals surface area (Å²) in [5.74, 6) is 0.0591. The number of benzene rings is 1. The van der Waals surface area contributed by atoms with Gasteiger partial charge in [0.15, 0.2) is 0 Å². The molecule has 0 radical (unpaired) electrons. The van der Waals surface area contributed by atoms with Crippen molar-refractivity contribution in [2.45, 2.75) is 70.9 Å². The smallest absolute Gasteiger partial charge is 0.326 e. The highest BCUT2D eigenvalue weighted by Gasteiger charge is 2.55. The number of fused-ring (bicyclic) bond motifs is 1. The van der Waals surface area contributed by atoms with Crippen LogP contribution in [0.2, 0.25) is 0 Å². The number of carboxylic acid groups (broad SMARTS) is 1. The molecule has 4 fully saturated rings. The van der Waals surface area contributed by atoms with Crippen LogP contribution in [0.15, 0.2) is 30.5 Å². The molecular formula is C27H35N3O4. The van der Waals surface area contributed by atoms with Gasteiger partial charge in [0.05, 0.1) is 0 Å². The van der Waals surface area contributed by atoms with Crippen LogP contribution in [0.1, 0.15) is 57.9 Å². The zero-order chi connectivity index (χ0) is 24.0. The molecule has 182 valence electrons. The molecule has 2 atom stereocenters. The van der Waals surface area contributed by atoms with Crippen LogP contribution < -0.4 is 10.6 Å². The molecule has 0 spiro atoms. The fraction of sp³-hybridized carbons (Fsp3) is 0.593. The van der Waals surface area contributed by atoms with Crippen LogP contribution in [0.25, 0.3) is 10.9 Å². The number of hydrogen-bond donors (Lipinski definition) is 4. The van der Waals surface area contributed by atoms with Gasteiger partial charge in [-0.3, -0.25) is 9.59 Å². The van der Waals surface area contributed by atoms with Gasteiger partial charge >= 0.3 is 5.97 Å². The minimum Gasteiger partial charge on any atom is -0.480 e. The second-order valence-corrected chi connectivity index (χ2v) is 11.4. The fourth-order valence-electron chi connectivity index (χ4n) is 7.20. The van der Waals surface area contributed by atoms with Crippen LogP contribution >= 0.6 is 0 Å². The molecule has 2 unspecified atom stereocenters. The van der Waals surface area contributed by atoms with Gasteiger partial charge in [-0.15, -0.1) is 0 Å². The van der Waals surface area contributed by atoms with E-state index in [9.17, 15) is 19.5 Å². The molecule has 4 bridgehead atoms. The molecule has 4 N–H and O–H groups in total. The summed E-state index contributed by atoms with van der Waals surface area (Å²) in [7, 11) is 0. The molecule has 34 heavy (non-hydrogen) atoms. The third-order valence-corrected chi connectivity index (χ3v) is 8.47. The Bertz CT molecular complexity index is 1070. The van der Waals surface area contributed by atoms with Crippen LogP contribution in [0.3, 0.4) is 0 Å². The zero-order valence-electron chi connectivity index (χ0n) is 20.0. The highest BCUT2D eigenvalue weighted by molar-refractivity contribution is 5.93. The highest BCUT2D eigenvalue weighted by atomic mass is 16.4. The van der Waals surface area contributed by atoms with Crippen molar-refractivity contribution in [1.82, 2.24) is 15.6 Å². The summed E-state index contributed by atoms with van der Waals surface area (Å²) in [5.41, 5.74) is 1.52. The van der Waals surface area contributed by atoms with E-state index < -0.39 is 24.0 Å². The molecule has 2 aromatic rings. The van der Waals surface area contributed by atoms with E-state index in [1.807, 2.05) is 30.5 Å². The lowest BCUT2D eigenvalue weighted by Gasteiger charge is -2.55. The van der Waals surface area contributed by atoms with E-state index in [-0.39, 0.29) is 17.2 Å². The maximum Gasteiger partial charge on any atom is 0.326 e. The third kappa shape index (κ3) is 4.21. The molecule has 4 saturated carbocycles. The number of aromatic nitrogens is 1. The SMILES string of the molecule is CC(C)C(NC(=O)C(Cc1c[nH]c2ccccc12)NC(=O)C12CC3CC(CC(C3)C1)C2)C(=O)O. The summed E-state index contributed by atoms with van der Waals surface area (Å²) in [6.07, 6.45) is 8.63. The monoisotopic (exact) mass is 465 g/mol. The highest BCUT2D eigenvalue weighted by Crippen LogP contribution is 2.60. The first-order valence-corrected chi connectivity index (χ1v) is 12.6. The van der Waals surface area contributed by atoms with Gasteiger partial charge in [0.2, 0.25) is 11.8 Å². The Kier molecular flexibility index (Phi) is 5.90. The number of hydrogen-bond acceptors (Lipinski definition) is 3. The van der Waals surface area contributed by atoms with Crippen LogP contribution in [-0.4, -0.2) is 40.0 Å². The van der Waals surface area contributed by atoms with Gasteiger partial charge in [-0.05, 0) is 73.8 Å². The van der Waals surface area contributed by atoms with Crippen LogP contribution in [0.5, 0.6) is 0 Å². The Labute approximate surface area is 200 Å². The van der Waals surface area contributed by atoms with E-state index in [0.717, 1.165) is 35.7 Å². The third-order valence-electron chi connectivity index (χ3n) is 8.47. The first-order chi connectivity index (χ1) is 16.2. The molecule has 1 aromatic heterocycles. The van der Waals surface area contributed by atoms with Gasteiger partial charge in [-0.1, -0.05) is 32.0 Å². The predicted octanol–water partition coefficient (Wildman–Crippen LogP) is 3.64. The average Bonchev–Trinajstić information content (AvgIpc) is 3.18. The normalized spacial score (nSPS) is 29.2. The second-order valence-electron chi connectivity index (χ2n) is 11.4. The van der Waals surface area contributed by atoms with E-state index in [1.54, 1.807) is 13.8 Å². The lowest BCUT2D eigenvalue weighted by molar-refractivity contribution is -0.149. The van der Waals surface area contributed by atoms with E-state index in [4.69, 9.17) is 0 Å². The fourth-order valence-corrected chi connectivity index (χ4v) is 7.20. The standard InChI is InChI=1S/C27H35N3O4/c1-15(2)23(25(32)33)30-24(31)22(10-19-14-28-21-6-4-3-5-20(19)21)29-26(34)27-11-16-7-17(12-27)9-18(8-16)13-27/h3-6,14-18,22-23,28H,7-13H2,1-2H3,(H,29,34)(H,30,31)(H,32,33). The molecule has 6 rings (SSSR count). The Balaban J connectivity index is 1.40. The van der Waals surface area contributed by atoms with Crippen molar-refractivity contribution < 1.29 is 19.5 Å². The quantitative estimate of drug-likeness (QED) is 0.477. The number of carbonyl (C=O) groups excluding carboxylic acids is 2. The molecule has 2 amide bonds. The molecule has 0 aliphatic heterocycles. The zero-order valence-corrected chi connectivity index (χ0v) is 20.0. The Hall–Kier alpha value is -2.83. The lowest BCUT2D eigenvalue weighted by Crippen LogP contribution is -2.59. The van der Waals surface area contributed by atoms with Crippen molar-refractivity contribution in [3.63, 3.8) is 0 Å². The van der Waals surface area contributed by atoms with Crippen molar-refractivity contribution in [2.75, 3.05) is 0 Å². The van der Waals surface area contributed by atoms with Crippen molar-refractivity contribution in [3.8, 4) is 0 Å². The van der Waals surface area contributed by atoms with E-state index >= 15 is 0 Å². The predicted molar refractivity (Wildman–Crippen MR) is 129 cm³/mol. The van der Waals surface area contributed by atoms with Gasteiger partial charge in [-0.2, -0.15) is 0 Å². The minimum atomic E-state index is -1.07. The Morgan fingerprint density at radius 2 is 1.65 bits per heavy atom. The van der Waals surface area contributed by atoms with Gasteiger partial charge in [0, 0.05) is 28.9 Å². The maximum absolute atomic E-state index is 13.7. The number of aromatic amines is 1. The van der Waals surface area contributed by atoms with Gasteiger partial charge in [-0.25, -0.2) is 4.79 Å². The Morgan fingerprint density at radius 1 is 1.03 bits per heavy atom. The van der Waals surface area contributed by atoms with Crippen molar-refractivity contribution >= 4 is 28.7 Å². The average molecular weight is 466 g/mol. The summed E-state index contributed by atoms with van der Waals surface area (Å²) >= 11 is 0. The summed E-state index contributed by atoms with van der Waals surface area (Å²) < 4.78 is 0. The largest absolute Gasteiger partial charge is 0.480 e. The van der Waals surface area contributed by atoms with E-state index in [1.165, 1.54) is 19.3 Å². The number of para-hydroxylation sites is 1. The van der Waals surface area contributed by atoms with Crippen LogP contribution in [0, 0.1) is 29.1 Å². The summed E-state index contributed by atoms with van der Waals surface area (Å²) in [6.45, 7) is 3.53. The molecule has 1 aromatic carbocycles. The van der Waals surface area contributed by atoms with Gasteiger partial charge in [0.25, 0.3) is 0 Å². The number of carboxylic acids is 1. The molecule has 1 heterocycles. The van der Waals surface area contributed by atoms with Gasteiger partial charge < -0.3 is 20.7 Å². The van der Waals surface area contributed by atoms with E-state index in [0.29, 0.717) is 24.2 Å². The maximum atomic E-state index is 13.7. The number of rotatable bonds is 8. The number of amides is 2. The van der Waals surface area contributed by atoms with E-state index in [2.05, 4.69) is 15.6 Å². The Morgan fingerprint density at radius 3 is 2.24 bits per heavy atom. The van der Waals surface area contributed by atoms with Crippen LogP contribution in [0.4, 0.5) is 0 Å². The van der Waals surface area contributed by atoms with Crippen molar-refractivity contribution in [2.24, 2.45) is 29.1 Å². The van der Waals surface area contributed by atoms with Crippen LogP contribution in [-0.2, 0) is 20.8 Å². The number of carbonyl (C=O) groups is 3. The van der Waals surface area contributed by atoms with Crippen molar-refractivity contribution in [1.29, 1.82) is 0 Å². The lowest BCUT2D eigenvalue weighted by atomic mass is 9.49. The molecule has 0 saturated heterocycles. The summed E-state index contributed by atoms with van der Waals surface area (Å²) in [6, 6.07) is 6.02. The molecule has 7 nitrogen and oxygen atoms in total. The first-order valence-electron chi connectivity index (χ1n) is 12.6. The summed E-state index contributed by atoms with van der Waals surface area (Å²) in [5, 5.41) is 16.4. The summed E-state index contributed by atoms with van der Waals surface area (Å²) in [4.78, 5) is 42.1. The number of aliphatic carboxylic acids is 1. The molecular weight excluding hydrogens is 430 g/mol. The molecule has 4 aliphatic rings. The number of nitrogens with one attached hydrogen (secondary N) is 3. The van der Waals surface area contributed by atoms with Crippen molar-refractivity contribution in [3.05, 3.63) is 36.0 Å². The van der Waals surface area contributed by atoms with Gasteiger partial charge in [0.1, 0.15) is 12.1 Å². The molecule has 7 heteroatoms. The number of H-pyrrole nitrogens is 1. The molecule has 4 aliphatic carbocycles. The first kappa shape index (κ1) is 22.9.